The molecule has 0 radical (unpaired) electrons. The molecule has 0 fully saturated rings. The van der Waals surface area contributed by atoms with Crippen LogP contribution in [0.3, 0.4) is 0 Å². The summed E-state index contributed by atoms with van der Waals surface area (Å²) < 4.78 is 4.91. The highest BCUT2D eigenvalue weighted by atomic mass is 79.9. The van der Waals surface area contributed by atoms with E-state index in [1.807, 2.05) is 13.8 Å². The Morgan fingerprint density at radius 2 is 2.00 bits per heavy atom. The van der Waals surface area contributed by atoms with Gasteiger partial charge in [0.2, 0.25) is 0 Å². The molecule has 0 saturated heterocycles. The Morgan fingerprint density at radius 3 is 2.67 bits per heavy atom. The van der Waals surface area contributed by atoms with E-state index in [9.17, 15) is 4.79 Å². The number of hydrogen-bond donors (Lipinski definition) is 0. The molecule has 0 aromatic heterocycles. The first kappa shape index (κ1) is 12.8. The first-order valence-electron chi connectivity index (χ1n) is 5.55. The van der Waals surface area contributed by atoms with E-state index in [2.05, 4.69) is 28.1 Å². The molecule has 1 atom stereocenters. The van der Waals surface area contributed by atoms with E-state index < -0.39 is 4.32 Å². The number of esters is 1. The van der Waals surface area contributed by atoms with E-state index in [1.54, 1.807) is 0 Å². The number of alkyl halides is 1. The van der Waals surface area contributed by atoms with Crippen LogP contribution in [-0.4, -0.2) is 16.4 Å². The van der Waals surface area contributed by atoms with Gasteiger partial charge in [-0.1, -0.05) is 28.1 Å². The molecule has 0 aromatic carbocycles. The summed E-state index contributed by atoms with van der Waals surface area (Å²) in [5.74, 6) is -0.156. The van der Waals surface area contributed by atoms with E-state index in [0.717, 1.165) is 32.1 Å². The van der Waals surface area contributed by atoms with Crippen LogP contribution in [0.1, 0.15) is 46.0 Å². The first-order valence-corrected chi connectivity index (χ1v) is 6.34. The van der Waals surface area contributed by atoms with Crippen molar-refractivity contribution in [1.29, 1.82) is 0 Å². The summed E-state index contributed by atoms with van der Waals surface area (Å²) in [7, 11) is 0. The van der Waals surface area contributed by atoms with Gasteiger partial charge in [-0.3, -0.25) is 4.79 Å². The number of rotatable bonds is 2. The van der Waals surface area contributed by atoms with Crippen molar-refractivity contribution in [3.05, 3.63) is 12.2 Å². The van der Waals surface area contributed by atoms with E-state index >= 15 is 0 Å². The fourth-order valence-corrected chi connectivity index (χ4v) is 1.63. The van der Waals surface area contributed by atoms with Crippen molar-refractivity contribution in [3.8, 4) is 0 Å². The summed E-state index contributed by atoms with van der Waals surface area (Å²) >= 11 is 3.32. The number of carbonyl (C=O) groups excluding carboxylic acids is 1. The zero-order valence-electron chi connectivity index (χ0n) is 9.46. The molecule has 0 aliphatic heterocycles. The molecule has 3 heteroatoms. The zero-order chi connectivity index (χ0) is 11.3. The van der Waals surface area contributed by atoms with Gasteiger partial charge in [0.05, 0.1) is 0 Å². The van der Waals surface area contributed by atoms with Crippen LogP contribution in [0.5, 0.6) is 0 Å². The van der Waals surface area contributed by atoms with Crippen LogP contribution in [0.15, 0.2) is 12.2 Å². The molecule has 0 N–H and O–H groups in total. The van der Waals surface area contributed by atoms with Gasteiger partial charge in [0.1, 0.15) is 10.4 Å². The summed E-state index contributed by atoms with van der Waals surface area (Å²) in [6.07, 6.45) is 9.65. The third-order valence-corrected chi connectivity index (χ3v) is 2.80. The second kappa shape index (κ2) is 5.69. The second-order valence-electron chi connectivity index (χ2n) is 4.48. The van der Waals surface area contributed by atoms with Gasteiger partial charge in [-0.15, -0.1) is 0 Å². The van der Waals surface area contributed by atoms with Crippen molar-refractivity contribution >= 4 is 21.9 Å². The van der Waals surface area contributed by atoms with Crippen LogP contribution in [-0.2, 0) is 9.53 Å². The largest absolute Gasteiger partial charge is 0.461 e. The van der Waals surface area contributed by atoms with Crippen LogP contribution < -0.4 is 0 Å². The molecule has 0 saturated carbocycles. The first-order chi connectivity index (χ1) is 7.00. The van der Waals surface area contributed by atoms with Gasteiger partial charge in [-0.25, -0.2) is 0 Å². The average Bonchev–Trinajstić information content (AvgIpc) is 2.07. The van der Waals surface area contributed by atoms with Crippen LogP contribution in [0, 0.1) is 0 Å². The molecule has 1 aliphatic rings. The summed E-state index contributed by atoms with van der Waals surface area (Å²) in [5, 5.41) is 0. The standard InChI is InChI=1S/C12H19BrO2/c1-12(2,13)11(14)15-10-8-6-4-3-5-7-9-10/h3-4,10H,5-9H2,1-2H3/b4-3-. The van der Waals surface area contributed by atoms with Crippen molar-refractivity contribution in [2.75, 3.05) is 0 Å². The topological polar surface area (TPSA) is 26.3 Å². The van der Waals surface area contributed by atoms with Crippen LogP contribution >= 0.6 is 15.9 Å². The van der Waals surface area contributed by atoms with E-state index in [1.165, 1.54) is 0 Å². The zero-order valence-corrected chi connectivity index (χ0v) is 11.0. The molecule has 2 nitrogen and oxygen atoms in total. The normalized spacial score (nSPS) is 25.1. The maximum absolute atomic E-state index is 11.6. The van der Waals surface area contributed by atoms with Gasteiger partial charge in [-0.05, 0) is 46.0 Å². The maximum Gasteiger partial charge on any atom is 0.322 e. The van der Waals surface area contributed by atoms with Gasteiger partial charge >= 0.3 is 5.97 Å². The minimum atomic E-state index is -0.564. The van der Waals surface area contributed by atoms with E-state index in [4.69, 9.17) is 4.74 Å². The second-order valence-corrected chi connectivity index (χ2v) is 6.46. The Bertz CT molecular complexity index is 240. The molecule has 1 rings (SSSR count). The van der Waals surface area contributed by atoms with Crippen LogP contribution in [0.2, 0.25) is 0 Å². The van der Waals surface area contributed by atoms with Crippen molar-refractivity contribution in [1.82, 2.24) is 0 Å². The van der Waals surface area contributed by atoms with E-state index in [0.29, 0.717) is 0 Å². The van der Waals surface area contributed by atoms with Crippen LogP contribution in [0.4, 0.5) is 0 Å². The highest BCUT2D eigenvalue weighted by molar-refractivity contribution is 9.10. The lowest BCUT2D eigenvalue weighted by Gasteiger charge is -2.22. The van der Waals surface area contributed by atoms with Crippen molar-refractivity contribution in [2.45, 2.75) is 56.4 Å². The fraction of sp³-hybridized carbons (Fsp3) is 0.750. The lowest BCUT2D eigenvalue weighted by atomic mass is 10.0. The third kappa shape index (κ3) is 4.83. The number of hydrogen-bond acceptors (Lipinski definition) is 2. The lowest BCUT2D eigenvalue weighted by Crippen LogP contribution is -2.31. The molecule has 15 heavy (non-hydrogen) atoms. The number of ether oxygens (including phenoxy) is 1. The van der Waals surface area contributed by atoms with Crippen molar-refractivity contribution in [3.63, 3.8) is 0 Å². The predicted octanol–water partition coefficient (Wildman–Crippen LogP) is 3.59. The fourth-order valence-electron chi connectivity index (χ4n) is 1.53. The minimum Gasteiger partial charge on any atom is -0.461 e. The highest BCUT2D eigenvalue weighted by Gasteiger charge is 2.28. The van der Waals surface area contributed by atoms with Crippen LogP contribution in [0.25, 0.3) is 0 Å². The number of allylic oxidation sites excluding steroid dienone is 2. The molecule has 1 aliphatic carbocycles. The Hall–Kier alpha value is -0.310. The Morgan fingerprint density at radius 1 is 1.33 bits per heavy atom. The van der Waals surface area contributed by atoms with E-state index in [-0.39, 0.29) is 12.1 Å². The van der Waals surface area contributed by atoms with Gasteiger partial charge < -0.3 is 4.74 Å². The Labute approximate surface area is 100 Å². The molecule has 86 valence electrons. The lowest BCUT2D eigenvalue weighted by molar-refractivity contribution is -0.151. The molecule has 0 bridgehead atoms. The van der Waals surface area contributed by atoms with Gasteiger partial charge in [-0.2, -0.15) is 0 Å². The Kier molecular flexibility index (Phi) is 4.84. The van der Waals surface area contributed by atoms with Crippen molar-refractivity contribution in [2.24, 2.45) is 0 Å². The monoisotopic (exact) mass is 274 g/mol. The summed E-state index contributed by atoms with van der Waals surface area (Å²) in [6.45, 7) is 3.64. The maximum atomic E-state index is 11.6. The van der Waals surface area contributed by atoms with Gasteiger partial charge in [0, 0.05) is 0 Å². The number of halogens is 1. The summed E-state index contributed by atoms with van der Waals surface area (Å²) in [6, 6.07) is 0. The molecule has 0 spiro atoms. The summed E-state index contributed by atoms with van der Waals surface area (Å²) in [5.41, 5.74) is 0. The molecule has 0 amide bonds. The molecular weight excluding hydrogens is 256 g/mol. The molecule has 0 aromatic rings. The minimum absolute atomic E-state index is 0.0966. The van der Waals surface area contributed by atoms with Gasteiger partial charge in [0.15, 0.2) is 0 Å². The third-order valence-electron chi connectivity index (χ3n) is 2.48. The van der Waals surface area contributed by atoms with Gasteiger partial charge in [0.25, 0.3) is 0 Å². The summed E-state index contributed by atoms with van der Waals surface area (Å²) in [4.78, 5) is 11.6. The molecular formula is C12H19BrO2. The number of carbonyl (C=O) groups is 1. The predicted molar refractivity (Wildman–Crippen MR) is 65.1 cm³/mol. The smallest absolute Gasteiger partial charge is 0.322 e. The SMILES string of the molecule is CC(C)(Br)C(=O)OC1CC/C=C\CCC1. The Balaban J connectivity index is 2.43. The molecule has 1 unspecified atom stereocenters. The molecule has 0 heterocycles. The van der Waals surface area contributed by atoms with Crippen molar-refractivity contribution < 1.29 is 9.53 Å². The average molecular weight is 275 g/mol. The quantitative estimate of drug-likeness (QED) is 0.437. The highest BCUT2D eigenvalue weighted by Crippen LogP contribution is 2.22.